The van der Waals surface area contributed by atoms with E-state index in [0.29, 0.717) is 6.42 Å². The van der Waals surface area contributed by atoms with Gasteiger partial charge in [-0.2, -0.15) is 4.39 Å². The maximum Gasteiger partial charge on any atom is 0.202 e. The number of ether oxygens (including phenoxy) is 1. The molecule has 1 unspecified atom stereocenters. The maximum atomic E-state index is 13.3. The molecule has 2 N–H and O–H groups in total. The molecule has 90 valence electrons. The summed E-state index contributed by atoms with van der Waals surface area (Å²) < 4.78 is 44.5. The Labute approximate surface area is 92.2 Å². The van der Waals surface area contributed by atoms with E-state index in [1.54, 1.807) is 6.92 Å². The Bertz CT molecular complexity index is 382. The van der Waals surface area contributed by atoms with Gasteiger partial charge in [0.25, 0.3) is 0 Å². The van der Waals surface area contributed by atoms with Crippen LogP contribution in [0.15, 0.2) is 6.07 Å². The third-order valence-corrected chi connectivity index (χ3v) is 2.18. The zero-order valence-corrected chi connectivity index (χ0v) is 9.19. The predicted octanol–water partition coefficient (Wildman–Crippen LogP) is 3.25. The fourth-order valence-electron chi connectivity index (χ4n) is 1.36. The Kier molecular flexibility index (Phi) is 4.04. The zero-order chi connectivity index (χ0) is 12.3. The van der Waals surface area contributed by atoms with Gasteiger partial charge < -0.3 is 10.5 Å². The minimum Gasteiger partial charge on any atom is -0.487 e. The summed E-state index contributed by atoms with van der Waals surface area (Å²) in [6, 6.07) is 0.764. The second-order valence-corrected chi connectivity index (χ2v) is 3.62. The second-order valence-electron chi connectivity index (χ2n) is 3.62. The summed E-state index contributed by atoms with van der Waals surface area (Å²) in [5.74, 6) is -4.11. The van der Waals surface area contributed by atoms with Gasteiger partial charge in [-0.05, 0) is 13.3 Å². The van der Waals surface area contributed by atoms with Crippen LogP contribution in [-0.2, 0) is 0 Å². The molecule has 0 heterocycles. The molecule has 0 saturated carbocycles. The Balaban J connectivity index is 2.97. The van der Waals surface area contributed by atoms with Crippen molar-refractivity contribution in [3.8, 4) is 5.75 Å². The van der Waals surface area contributed by atoms with E-state index in [1.165, 1.54) is 0 Å². The highest BCUT2D eigenvalue weighted by Crippen LogP contribution is 2.28. The Hall–Kier alpha value is -1.39. The lowest BCUT2D eigenvalue weighted by Crippen LogP contribution is -2.13. The van der Waals surface area contributed by atoms with E-state index in [4.69, 9.17) is 10.5 Å². The molecule has 0 fully saturated rings. The van der Waals surface area contributed by atoms with Gasteiger partial charge in [0.1, 0.15) is 5.69 Å². The number of rotatable bonds is 4. The quantitative estimate of drug-likeness (QED) is 0.640. The molecular formula is C11H14F3NO. The molecule has 0 saturated heterocycles. The Morgan fingerprint density at radius 2 is 1.94 bits per heavy atom. The number of hydrogen-bond acceptors (Lipinski definition) is 2. The summed E-state index contributed by atoms with van der Waals surface area (Å²) >= 11 is 0. The van der Waals surface area contributed by atoms with Gasteiger partial charge in [-0.25, -0.2) is 8.78 Å². The number of nitrogen functional groups attached to an aromatic ring is 1. The standard InChI is InChI=1S/C11H14F3NO/c1-3-4-6(2)16-8-5-7(12)11(15)10(14)9(8)13/h5-6H,3-4,15H2,1-2H3. The van der Waals surface area contributed by atoms with E-state index in [1.807, 2.05) is 6.92 Å². The van der Waals surface area contributed by atoms with Gasteiger partial charge in [0, 0.05) is 6.07 Å². The van der Waals surface area contributed by atoms with Gasteiger partial charge in [-0.15, -0.1) is 0 Å². The van der Waals surface area contributed by atoms with Crippen LogP contribution in [0.2, 0.25) is 0 Å². The average Bonchev–Trinajstić information content (AvgIpc) is 2.23. The third-order valence-electron chi connectivity index (χ3n) is 2.18. The molecule has 0 radical (unpaired) electrons. The summed E-state index contributed by atoms with van der Waals surface area (Å²) in [6.45, 7) is 3.63. The summed E-state index contributed by atoms with van der Waals surface area (Å²) in [5.41, 5.74) is 4.17. The molecule has 0 aliphatic carbocycles. The highest BCUT2D eigenvalue weighted by atomic mass is 19.2. The van der Waals surface area contributed by atoms with E-state index >= 15 is 0 Å². The molecule has 1 rings (SSSR count). The van der Waals surface area contributed by atoms with Crippen LogP contribution in [0.1, 0.15) is 26.7 Å². The van der Waals surface area contributed by atoms with Crippen molar-refractivity contribution in [1.82, 2.24) is 0 Å². The van der Waals surface area contributed by atoms with Gasteiger partial charge in [0.05, 0.1) is 6.10 Å². The molecule has 0 amide bonds. The minimum atomic E-state index is -1.40. The number of anilines is 1. The topological polar surface area (TPSA) is 35.2 Å². The Morgan fingerprint density at radius 1 is 1.31 bits per heavy atom. The van der Waals surface area contributed by atoms with Gasteiger partial charge in [0.15, 0.2) is 17.4 Å². The van der Waals surface area contributed by atoms with E-state index in [0.717, 1.165) is 12.5 Å². The van der Waals surface area contributed by atoms with Crippen LogP contribution < -0.4 is 10.5 Å². The van der Waals surface area contributed by atoms with Crippen molar-refractivity contribution < 1.29 is 17.9 Å². The van der Waals surface area contributed by atoms with Crippen molar-refractivity contribution in [2.75, 3.05) is 5.73 Å². The summed E-state index contributed by atoms with van der Waals surface area (Å²) in [7, 11) is 0. The predicted molar refractivity (Wildman–Crippen MR) is 55.7 cm³/mol. The smallest absolute Gasteiger partial charge is 0.202 e. The van der Waals surface area contributed by atoms with Crippen molar-refractivity contribution in [2.24, 2.45) is 0 Å². The summed E-state index contributed by atoms with van der Waals surface area (Å²) in [6.07, 6.45) is 1.21. The molecule has 1 atom stereocenters. The van der Waals surface area contributed by atoms with E-state index in [2.05, 4.69) is 0 Å². The minimum absolute atomic E-state index is 0.304. The largest absolute Gasteiger partial charge is 0.487 e. The first-order valence-electron chi connectivity index (χ1n) is 5.07. The molecular weight excluding hydrogens is 219 g/mol. The fourth-order valence-corrected chi connectivity index (χ4v) is 1.36. The monoisotopic (exact) mass is 233 g/mol. The molecule has 0 aliphatic heterocycles. The van der Waals surface area contributed by atoms with E-state index in [-0.39, 0.29) is 6.10 Å². The van der Waals surface area contributed by atoms with Crippen LogP contribution in [0, 0.1) is 17.5 Å². The van der Waals surface area contributed by atoms with Gasteiger partial charge in [-0.1, -0.05) is 13.3 Å². The van der Waals surface area contributed by atoms with Crippen LogP contribution >= 0.6 is 0 Å². The summed E-state index contributed by atoms with van der Waals surface area (Å²) in [4.78, 5) is 0. The number of nitrogens with two attached hydrogens (primary N) is 1. The van der Waals surface area contributed by atoms with Crippen LogP contribution in [0.25, 0.3) is 0 Å². The van der Waals surface area contributed by atoms with Crippen molar-refractivity contribution in [2.45, 2.75) is 32.8 Å². The molecule has 5 heteroatoms. The van der Waals surface area contributed by atoms with Crippen molar-refractivity contribution in [1.29, 1.82) is 0 Å². The van der Waals surface area contributed by atoms with Crippen LogP contribution in [-0.4, -0.2) is 6.10 Å². The second kappa shape index (κ2) is 5.09. The van der Waals surface area contributed by atoms with Crippen molar-refractivity contribution in [3.63, 3.8) is 0 Å². The Morgan fingerprint density at radius 3 is 2.50 bits per heavy atom. The highest BCUT2D eigenvalue weighted by Gasteiger charge is 2.18. The van der Waals surface area contributed by atoms with Crippen molar-refractivity contribution in [3.05, 3.63) is 23.5 Å². The van der Waals surface area contributed by atoms with Crippen LogP contribution in [0.3, 0.4) is 0 Å². The number of halogens is 3. The molecule has 16 heavy (non-hydrogen) atoms. The lowest BCUT2D eigenvalue weighted by atomic mass is 10.2. The first kappa shape index (κ1) is 12.7. The van der Waals surface area contributed by atoms with Gasteiger partial charge >= 0.3 is 0 Å². The van der Waals surface area contributed by atoms with Crippen LogP contribution in [0.4, 0.5) is 18.9 Å². The molecule has 0 aromatic heterocycles. The molecule has 0 aliphatic rings. The molecule has 1 aromatic rings. The molecule has 2 nitrogen and oxygen atoms in total. The van der Waals surface area contributed by atoms with E-state index < -0.39 is 28.9 Å². The first-order valence-corrected chi connectivity index (χ1v) is 5.07. The lowest BCUT2D eigenvalue weighted by Gasteiger charge is -2.15. The fraction of sp³-hybridized carbons (Fsp3) is 0.455. The third kappa shape index (κ3) is 2.59. The average molecular weight is 233 g/mol. The van der Waals surface area contributed by atoms with Gasteiger partial charge in [0.2, 0.25) is 5.82 Å². The van der Waals surface area contributed by atoms with E-state index in [9.17, 15) is 13.2 Å². The normalized spacial score (nSPS) is 12.6. The molecule has 0 bridgehead atoms. The first-order chi connectivity index (χ1) is 7.47. The van der Waals surface area contributed by atoms with Gasteiger partial charge in [-0.3, -0.25) is 0 Å². The molecule has 0 spiro atoms. The lowest BCUT2D eigenvalue weighted by molar-refractivity contribution is 0.197. The van der Waals surface area contributed by atoms with Crippen molar-refractivity contribution >= 4 is 5.69 Å². The summed E-state index contributed by atoms with van der Waals surface area (Å²) in [5, 5.41) is 0. The molecule has 1 aromatic carbocycles. The SMILES string of the molecule is CCCC(C)Oc1cc(F)c(N)c(F)c1F. The van der Waals surface area contributed by atoms with Crippen LogP contribution in [0.5, 0.6) is 5.75 Å². The zero-order valence-electron chi connectivity index (χ0n) is 9.19. The number of benzene rings is 1. The highest BCUT2D eigenvalue weighted by molar-refractivity contribution is 5.46. The maximum absolute atomic E-state index is 13.3. The number of hydrogen-bond donors (Lipinski definition) is 1.